The van der Waals surface area contributed by atoms with Crippen LogP contribution in [-0.2, 0) is 17.1 Å². The molecule has 4 aromatic rings. The normalized spacial score (nSPS) is 10.6. The summed E-state index contributed by atoms with van der Waals surface area (Å²) in [5.74, 6) is 0. The molecule has 0 aliphatic rings. The molecule has 0 saturated carbocycles. The van der Waals surface area contributed by atoms with Gasteiger partial charge in [0.2, 0.25) is 0 Å². The van der Waals surface area contributed by atoms with Crippen LogP contribution in [0.2, 0.25) is 10.0 Å². The topological polar surface area (TPSA) is 50.5 Å². The standard InChI is InChI=1S/C23H21Cl2N3.C5H5N.2ClH.Fe/c1-14-8-5-10-18(24)22(14)26-16(3)20-12-7-13-21(28-20)17(4)27-23-15(2)9-6-11-19(23)25;1-2-4-6-5-3-1;;;/h5-13H,1-4H3;1-5H;2*1H;/q;;;;+2/p-2/b26-16+,27-17+;;;;. The van der Waals surface area contributed by atoms with Crippen molar-refractivity contribution in [1.82, 2.24) is 9.97 Å². The van der Waals surface area contributed by atoms with Gasteiger partial charge >= 0.3 is 17.1 Å². The van der Waals surface area contributed by atoms with Crippen LogP contribution in [0.4, 0.5) is 11.4 Å². The summed E-state index contributed by atoms with van der Waals surface area (Å²) in [6, 6.07) is 23.0. The van der Waals surface area contributed by atoms with E-state index in [1.54, 1.807) is 12.4 Å². The van der Waals surface area contributed by atoms with E-state index in [2.05, 4.69) is 4.98 Å². The number of hydrogen-bond acceptors (Lipinski definition) is 4. The summed E-state index contributed by atoms with van der Waals surface area (Å²) in [5, 5.41) is 1.25. The Labute approximate surface area is 252 Å². The third-order valence-corrected chi connectivity index (χ3v) is 5.60. The molecule has 0 aliphatic heterocycles. The predicted octanol–water partition coefficient (Wildman–Crippen LogP) is 2.37. The van der Waals surface area contributed by atoms with Crippen molar-refractivity contribution in [2.75, 3.05) is 0 Å². The van der Waals surface area contributed by atoms with E-state index in [9.17, 15) is 0 Å². The molecule has 2 heterocycles. The van der Waals surface area contributed by atoms with Gasteiger partial charge in [0.25, 0.3) is 0 Å². The molecule has 4 rings (SSSR count). The van der Waals surface area contributed by atoms with Crippen LogP contribution >= 0.6 is 23.2 Å². The van der Waals surface area contributed by atoms with Gasteiger partial charge in [0.15, 0.2) is 0 Å². The van der Waals surface area contributed by atoms with E-state index in [1.807, 2.05) is 100 Å². The number of nitrogens with zero attached hydrogens (tertiary/aromatic N) is 4. The molecular formula is C28H26Cl4FeN4. The van der Waals surface area contributed by atoms with Gasteiger partial charge in [-0.05, 0) is 75.2 Å². The molecule has 0 unspecified atom stereocenters. The Morgan fingerprint density at radius 2 is 1.03 bits per heavy atom. The Morgan fingerprint density at radius 1 is 0.622 bits per heavy atom. The van der Waals surface area contributed by atoms with Crippen LogP contribution in [0.1, 0.15) is 36.4 Å². The van der Waals surface area contributed by atoms with Crippen molar-refractivity contribution in [1.29, 1.82) is 0 Å². The third-order valence-electron chi connectivity index (χ3n) is 4.99. The number of aromatic nitrogens is 2. The molecule has 0 fully saturated rings. The molecule has 0 radical (unpaired) electrons. The minimum Gasteiger partial charge on any atom is -1.00 e. The Hall–Kier alpha value is -2.24. The Bertz CT molecular complexity index is 1180. The van der Waals surface area contributed by atoms with Crippen molar-refractivity contribution in [3.63, 3.8) is 0 Å². The molecule has 0 bridgehead atoms. The Morgan fingerprint density at radius 3 is 1.35 bits per heavy atom. The fraction of sp³-hybridized carbons (Fsp3) is 0.143. The Balaban J connectivity index is 0.00000127. The van der Waals surface area contributed by atoms with Crippen LogP contribution in [-0.4, -0.2) is 21.4 Å². The molecule has 0 N–H and O–H groups in total. The van der Waals surface area contributed by atoms with Crippen LogP contribution in [0.3, 0.4) is 0 Å². The van der Waals surface area contributed by atoms with Crippen LogP contribution < -0.4 is 24.8 Å². The maximum atomic E-state index is 6.30. The number of halogens is 4. The largest absolute Gasteiger partial charge is 2.00 e. The summed E-state index contributed by atoms with van der Waals surface area (Å²) in [7, 11) is 0. The number of aliphatic imine (C=N–C) groups is 2. The van der Waals surface area contributed by atoms with E-state index < -0.39 is 0 Å². The first-order valence-electron chi connectivity index (χ1n) is 10.8. The maximum absolute atomic E-state index is 6.30. The predicted molar refractivity (Wildman–Crippen MR) is 145 cm³/mol. The maximum Gasteiger partial charge on any atom is 2.00 e. The zero-order chi connectivity index (χ0) is 24.5. The number of aryl methyl sites for hydroxylation is 2. The summed E-state index contributed by atoms with van der Waals surface area (Å²) >= 11 is 12.6. The van der Waals surface area contributed by atoms with E-state index in [4.69, 9.17) is 38.2 Å². The van der Waals surface area contributed by atoms with Gasteiger partial charge in [0.1, 0.15) is 0 Å². The van der Waals surface area contributed by atoms with Gasteiger partial charge < -0.3 is 24.8 Å². The monoisotopic (exact) mass is 614 g/mol. The molecule has 37 heavy (non-hydrogen) atoms. The summed E-state index contributed by atoms with van der Waals surface area (Å²) in [4.78, 5) is 17.9. The van der Waals surface area contributed by atoms with Crippen LogP contribution in [0.15, 0.2) is 95.2 Å². The fourth-order valence-electron chi connectivity index (χ4n) is 3.13. The van der Waals surface area contributed by atoms with Gasteiger partial charge in [0.05, 0.1) is 44.2 Å². The average molecular weight is 616 g/mol. The quantitative estimate of drug-likeness (QED) is 0.262. The van der Waals surface area contributed by atoms with Crippen molar-refractivity contribution < 1.29 is 41.9 Å². The van der Waals surface area contributed by atoms with Crippen molar-refractivity contribution >= 4 is 46.0 Å². The molecule has 0 atom stereocenters. The zero-order valence-electron chi connectivity index (χ0n) is 20.7. The first-order valence-corrected chi connectivity index (χ1v) is 11.6. The number of pyridine rings is 2. The first-order chi connectivity index (χ1) is 16.4. The van der Waals surface area contributed by atoms with E-state index in [1.165, 1.54) is 0 Å². The second kappa shape index (κ2) is 17.3. The molecular weight excluding hydrogens is 590 g/mol. The van der Waals surface area contributed by atoms with Gasteiger partial charge in [-0.1, -0.05) is 59.6 Å². The molecule has 9 heteroatoms. The van der Waals surface area contributed by atoms with Crippen molar-refractivity contribution in [3.05, 3.63) is 118 Å². The second-order valence-electron chi connectivity index (χ2n) is 7.64. The van der Waals surface area contributed by atoms with Crippen LogP contribution in [0, 0.1) is 13.8 Å². The number of benzene rings is 2. The molecule has 194 valence electrons. The molecule has 0 aliphatic carbocycles. The number of para-hydroxylation sites is 2. The minimum absolute atomic E-state index is 0. The summed E-state index contributed by atoms with van der Waals surface area (Å²) in [6.07, 6.45) is 3.50. The van der Waals surface area contributed by atoms with Gasteiger partial charge in [-0.25, -0.2) is 15.0 Å². The molecule has 0 spiro atoms. The minimum atomic E-state index is 0. The van der Waals surface area contributed by atoms with Crippen molar-refractivity contribution in [2.45, 2.75) is 27.7 Å². The third kappa shape index (κ3) is 10.2. The first kappa shape index (κ1) is 34.8. The summed E-state index contributed by atoms with van der Waals surface area (Å²) in [6.45, 7) is 7.84. The van der Waals surface area contributed by atoms with E-state index in [-0.39, 0.29) is 41.9 Å². The van der Waals surface area contributed by atoms with Crippen molar-refractivity contribution in [2.24, 2.45) is 9.98 Å². The fourth-order valence-corrected chi connectivity index (χ4v) is 3.66. The van der Waals surface area contributed by atoms with E-state index >= 15 is 0 Å². The molecule has 0 saturated heterocycles. The molecule has 2 aromatic carbocycles. The van der Waals surface area contributed by atoms with E-state index in [0.29, 0.717) is 10.0 Å². The van der Waals surface area contributed by atoms with E-state index in [0.717, 1.165) is 45.3 Å². The molecule has 2 aromatic heterocycles. The van der Waals surface area contributed by atoms with Gasteiger partial charge in [0, 0.05) is 12.4 Å². The second-order valence-corrected chi connectivity index (χ2v) is 8.45. The van der Waals surface area contributed by atoms with Crippen LogP contribution in [0.5, 0.6) is 0 Å². The molecule has 0 amide bonds. The van der Waals surface area contributed by atoms with Crippen LogP contribution in [0.25, 0.3) is 0 Å². The molecule has 4 nitrogen and oxygen atoms in total. The SMILES string of the molecule is C/C(=N\c1c(C)cccc1Cl)c1cccc(/C(C)=N/c2c(C)cccc2Cl)n1.[Cl-].[Cl-].[Fe+2].c1ccncc1. The van der Waals surface area contributed by atoms with Gasteiger partial charge in [-0.15, -0.1) is 0 Å². The summed E-state index contributed by atoms with van der Waals surface area (Å²) < 4.78 is 0. The zero-order valence-corrected chi connectivity index (χ0v) is 24.9. The smallest absolute Gasteiger partial charge is 1.00 e. The van der Waals surface area contributed by atoms with Crippen molar-refractivity contribution in [3.8, 4) is 0 Å². The average Bonchev–Trinajstić information content (AvgIpc) is 2.85. The number of hydrogen-bond donors (Lipinski definition) is 0. The summed E-state index contributed by atoms with van der Waals surface area (Å²) in [5.41, 5.74) is 6.73. The number of rotatable bonds is 4. The Kier molecular flexibility index (Phi) is 16.3. The van der Waals surface area contributed by atoms with Gasteiger partial charge in [-0.3, -0.25) is 4.98 Å². The van der Waals surface area contributed by atoms with Gasteiger partial charge in [-0.2, -0.15) is 0 Å².